The lowest BCUT2D eigenvalue weighted by Crippen LogP contribution is -2.79. The summed E-state index contributed by atoms with van der Waals surface area (Å²) in [5.74, 6) is -7.75. The molecule has 1 aromatic carbocycles. The van der Waals surface area contributed by atoms with Crippen LogP contribution in [0.15, 0.2) is 12.1 Å². The quantitative estimate of drug-likeness (QED) is 0.307. The Morgan fingerprint density at radius 2 is 1.74 bits per heavy atom. The molecule has 3 aliphatic rings. The van der Waals surface area contributed by atoms with Crippen LogP contribution >= 0.6 is 0 Å². The van der Waals surface area contributed by atoms with E-state index in [-0.39, 0.29) is 41.4 Å². The molecule has 8 atom stereocenters. The number of benzene rings is 1. The number of carbonyl (C=O) groups is 4. The number of primary amides is 1. The van der Waals surface area contributed by atoms with E-state index in [1.54, 1.807) is 27.7 Å². The van der Waals surface area contributed by atoms with Gasteiger partial charge in [-0.15, -0.1) is 0 Å². The van der Waals surface area contributed by atoms with E-state index >= 15 is 0 Å². The third kappa shape index (κ3) is 3.04. The summed E-state index contributed by atoms with van der Waals surface area (Å²) in [5.41, 5.74) is 0.966. The molecule has 2 fully saturated rings. The smallest absolute Gasteiger partial charge is 0.230 e. The topological polar surface area (TPSA) is 175 Å². The monoisotopic (exact) mass is 487 g/mol. The van der Waals surface area contributed by atoms with Gasteiger partial charge in [0.05, 0.1) is 17.6 Å². The Morgan fingerprint density at radius 3 is 2.26 bits per heavy atom. The molecule has 4 rings (SSSR count). The zero-order valence-electron chi connectivity index (χ0n) is 20.5. The van der Waals surface area contributed by atoms with E-state index in [2.05, 4.69) is 0 Å². The number of hydrogen-bond donors (Lipinski definition) is 5. The number of hydrogen-bond acceptors (Lipinski definition) is 8. The van der Waals surface area contributed by atoms with Crippen molar-refractivity contribution in [2.75, 3.05) is 0 Å². The molecule has 9 nitrogen and oxygen atoms in total. The van der Waals surface area contributed by atoms with E-state index in [0.29, 0.717) is 5.56 Å². The highest BCUT2D eigenvalue weighted by Gasteiger charge is 2.75. The Bertz CT molecular complexity index is 1160. The fourth-order valence-electron chi connectivity index (χ4n) is 7.86. The van der Waals surface area contributed by atoms with Crippen LogP contribution in [-0.2, 0) is 16.0 Å². The first-order valence-electron chi connectivity index (χ1n) is 11.9. The maximum Gasteiger partial charge on any atom is 0.230 e. The number of amides is 1. The molecule has 3 aliphatic carbocycles. The van der Waals surface area contributed by atoms with Crippen LogP contribution in [0.25, 0.3) is 0 Å². The highest BCUT2D eigenvalue weighted by Crippen LogP contribution is 2.65. The highest BCUT2D eigenvalue weighted by molar-refractivity contribution is 6.10. The average molecular weight is 488 g/mol. The fraction of sp³-hybridized carbons (Fsp3) is 0.615. The van der Waals surface area contributed by atoms with Crippen molar-refractivity contribution in [1.29, 1.82) is 0 Å². The van der Waals surface area contributed by atoms with Gasteiger partial charge in [-0.3, -0.25) is 19.2 Å². The molecular formula is C26H33NO8. The van der Waals surface area contributed by atoms with Crippen LogP contribution in [-0.4, -0.2) is 61.5 Å². The van der Waals surface area contributed by atoms with E-state index in [1.165, 1.54) is 19.1 Å². The maximum absolute atomic E-state index is 13.8. The SMILES string of the molecule is CC(=O)c1ccc(O)c2c1C[C@]1(C)C[C@]3(C)[C@@H](C(C)C)C(O)[C@@H](C(N)=O)C(=O)[C@]3(O)C(O)[C@H]1C2=O. The van der Waals surface area contributed by atoms with E-state index in [9.17, 15) is 39.6 Å². The molecule has 0 heterocycles. The van der Waals surface area contributed by atoms with Crippen molar-refractivity contribution in [3.05, 3.63) is 28.8 Å². The van der Waals surface area contributed by atoms with Gasteiger partial charge in [-0.05, 0) is 54.7 Å². The second-order valence-corrected chi connectivity index (χ2v) is 11.5. The van der Waals surface area contributed by atoms with Gasteiger partial charge in [-0.25, -0.2) is 0 Å². The molecule has 0 aromatic heterocycles. The number of aliphatic hydroxyl groups excluding tert-OH is 2. The van der Waals surface area contributed by atoms with Crippen LogP contribution in [0.1, 0.15) is 67.3 Å². The number of fused-ring (bicyclic) bond motifs is 3. The molecule has 190 valence electrons. The number of aromatic hydroxyl groups is 1. The molecular weight excluding hydrogens is 454 g/mol. The number of ketones is 3. The van der Waals surface area contributed by atoms with Crippen LogP contribution in [0.4, 0.5) is 0 Å². The Hall–Kier alpha value is -2.62. The third-order valence-electron chi connectivity index (χ3n) is 9.04. The normalized spacial score (nSPS) is 40.7. The number of Topliss-reactive ketones (excluding diaryl/α,β-unsaturated/α-hetero) is 3. The fourth-order valence-corrected chi connectivity index (χ4v) is 7.86. The summed E-state index contributed by atoms with van der Waals surface area (Å²) in [4.78, 5) is 51.9. The average Bonchev–Trinajstić information content (AvgIpc) is 2.69. The lowest BCUT2D eigenvalue weighted by Gasteiger charge is -2.66. The van der Waals surface area contributed by atoms with Gasteiger partial charge < -0.3 is 26.2 Å². The summed E-state index contributed by atoms with van der Waals surface area (Å²) in [6.07, 6.45) is -3.26. The molecule has 1 amide bonds. The third-order valence-corrected chi connectivity index (χ3v) is 9.04. The number of rotatable bonds is 3. The van der Waals surface area contributed by atoms with Crippen LogP contribution in [0.3, 0.4) is 0 Å². The maximum atomic E-state index is 13.8. The standard InChI is InChI=1S/C26H33NO8/c1-10(2)17-20(31)16(23(27)34)21(32)26(35)22(33)18-19(30)15-13(8-24(18,4)9-25(17,26)5)12(11(3)28)6-7-14(15)29/h6-7,10,16-18,20,22,29,31,33,35H,8-9H2,1-5H3,(H2,27,34)/t16-,17+,18-,20?,22?,24-,25-,26+/m1/s1. The van der Waals surface area contributed by atoms with Gasteiger partial charge in [0.2, 0.25) is 5.91 Å². The first kappa shape index (κ1) is 25.5. The van der Waals surface area contributed by atoms with Gasteiger partial charge in [0, 0.05) is 11.0 Å². The second-order valence-electron chi connectivity index (χ2n) is 11.5. The minimum Gasteiger partial charge on any atom is -0.507 e. The summed E-state index contributed by atoms with van der Waals surface area (Å²) in [6.45, 7) is 8.25. The second kappa shape index (κ2) is 7.69. The van der Waals surface area contributed by atoms with Crippen molar-refractivity contribution < 1.29 is 39.6 Å². The predicted molar refractivity (Wildman–Crippen MR) is 123 cm³/mol. The molecule has 9 heteroatoms. The Morgan fingerprint density at radius 1 is 1.14 bits per heavy atom. The molecule has 6 N–H and O–H groups in total. The van der Waals surface area contributed by atoms with Crippen LogP contribution < -0.4 is 5.73 Å². The zero-order chi connectivity index (χ0) is 26.4. The Balaban J connectivity index is 1.99. The number of carbonyl (C=O) groups excluding carboxylic acids is 4. The van der Waals surface area contributed by atoms with Gasteiger partial charge in [-0.2, -0.15) is 0 Å². The van der Waals surface area contributed by atoms with Crippen LogP contribution in [0, 0.1) is 34.5 Å². The van der Waals surface area contributed by atoms with Gasteiger partial charge >= 0.3 is 0 Å². The number of nitrogens with two attached hydrogens (primary N) is 1. The van der Waals surface area contributed by atoms with Crippen LogP contribution in [0.2, 0.25) is 0 Å². The summed E-state index contributed by atoms with van der Waals surface area (Å²) in [5, 5.41) is 45.3. The molecule has 0 radical (unpaired) electrons. The largest absolute Gasteiger partial charge is 0.507 e. The summed E-state index contributed by atoms with van der Waals surface area (Å²) < 4.78 is 0. The molecule has 2 unspecified atom stereocenters. The number of phenolic OH excluding ortho intramolecular Hbond substituents is 1. The van der Waals surface area contributed by atoms with Gasteiger partial charge in [0.15, 0.2) is 23.0 Å². The van der Waals surface area contributed by atoms with Crippen molar-refractivity contribution in [3.8, 4) is 5.75 Å². The zero-order valence-corrected chi connectivity index (χ0v) is 20.5. The van der Waals surface area contributed by atoms with E-state index in [0.717, 1.165) is 0 Å². The lowest BCUT2D eigenvalue weighted by atomic mass is 9.39. The van der Waals surface area contributed by atoms with E-state index < -0.39 is 63.9 Å². The van der Waals surface area contributed by atoms with Crippen molar-refractivity contribution in [1.82, 2.24) is 0 Å². The molecule has 0 saturated heterocycles. The minimum absolute atomic E-state index is 0.0353. The van der Waals surface area contributed by atoms with Crippen LogP contribution in [0.5, 0.6) is 5.75 Å². The highest BCUT2D eigenvalue weighted by atomic mass is 16.4. The van der Waals surface area contributed by atoms with Crippen molar-refractivity contribution in [2.45, 2.75) is 65.3 Å². The van der Waals surface area contributed by atoms with Crippen molar-refractivity contribution in [3.63, 3.8) is 0 Å². The summed E-state index contributed by atoms with van der Waals surface area (Å²) in [6, 6.07) is 2.69. The first-order chi connectivity index (χ1) is 16.0. The van der Waals surface area contributed by atoms with Crippen molar-refractivity contribution in [2.24, 2.45) is 40.2 Å². The minimum atomic E-state index is -2.55. The van der Waals surface area contributed by atoms with Gasteiger partial charge in [0.1, 0.15) is 17.8 Å². The number of aliphatic hydroxyl groups is 3. The summed E-state index contributed by atoms with van der Waals surface area (Å²) in [7, 11) is 0. The number of phenols is 1. The predicted octanol–water partition coefficient (Wildman–Crippen LogP) is 0.775. The lowest BCUT2D eigenvalue weighted by molar-refractivity contribution is -0.265. The first-order valence-corrected chi connectivity index (χ1v) is 11.9. The van der Waals surface area contributed by atoms with Gasteiger partial charge in [-0.1, -0.05) is 27.7 Å². The summed E-state index contributed by atoms with van der Waals surface area (Å²) >= 11 is 0. The van der Waals surface area contributed by atoms with E-state index in [4.69, 9.17) is 5.73 Å². The molecule has 2 saturated carbocycles. The molecule has 0 spiro atoms. The van der Waals surface area contributed by atoms with E-state index in [1.807, 2.05) is 0 Å². The van der Waals surface area contributed by atoms with Gasteiger partial charge in [0.25, 0.3) is 0 Å². The molecule has 1 aromatic rings. The Kier molecular flexibility index (Phi) is 5.59. The molecule has 0 bridgehead atoms. The molecule has 35 heavy (non-hydrogen) atoms. The van der Waals surface area contributed by atoms with Crippen molar-refractivity contribution >= 4 is 23.3 Å². The Labute approximate surface area is 203 Å². The molecule has 0 aliphatic heterocycles.